The number of anilines is 1. The Labute approximate surface area is 146 Å². The summed E-state index contributed by atoms with van der Waals surface area (Å²) in [4.78, 5) is 23.8. The second-order valence-corrected chi connectivity index (χ2v) is 4.99. The van der Waals surface area contributed by atoms with Crippen LogP contribution in [0.25, 0.3) is 5.70 Å². The number of rotatable bonds is 5. The summed E-state index contributed by atoms with van der Waals surface area (Å²) in [6.07, 6.45) is 5.60. The first kappa shape index (κ1) is 18.6. The van der Waals surface area contributed by atoms with Crippen LogP contribution in [0.4, 0.5) is 14.5 Å². The predicted octanol–water partition coefficient (Wildman–Crippen LogP) is 1.26. The predicted molar refractivity (Wildman–Crippen MR) is 89.3 cm³/mol. The van der Waals surface area contributed by atoms with Crippen molar-refractivity contribution >= 4 is 23.3 Å². The lowest BCUT2D eigenvalue weighted by molar-refractivity contribution is -0.112. The summed E-state index contributed by atoms with van der Waals surface area (Å²) in [5, 5.41) is 8.52. The molecule has 6 N–H and O–H groups in total. The second kappa shape index (κ2) is 7.92. The number of methoxy groups -OCH3 is 1. The normalized spacial score (nSPS) is 12.0. The number of halogens is 2. The highest BCUT2D eigenvalue weighted by Crippen LogP contribution is 2.21. The van der Waals surface area contributed by atoms with Crippen LogP contribution in [0.1, 0.15) is 15.9 Å². The molecule has 2 rings (SSSR count). The number of hydrogen-bond donors (Lipinski definition) is 4. The molecule has 0 fully saturated rings. The van der Waals surface area contributed by atoms with Crippen LogP contribution in [-0.2, 0) is 9.53 Å². The molecular weight excluding hydrogens is 348 g/mol. The molecule has 26 heavy (non-hydrogen) atoms. The minimum absolute atomic E-state index is 0.281. The third kappa shape index (κ3) is 4.23. The maximum absolute atomic E-state index is 13.4. The maximum atomic E-state index is 13.4. The van der Waals surface area contributed by atoms with E-state index in [4.69, 9.17) is 11.5 Å². The Morgan fingerprint density at radius 3 is 2.54 bits per heavy atom. The van der Waals surface area contributed by atoms with Gasteiger partial charge in [-0.3, -0.25) is 9.89 Å². The zero-order valence-corrected chi connectivity index (χ0v) is 13.5. The number of nitrogens with two attached hydrogens (primary N) is 2. The molecule has 0 bridgehead atoms. The van der Waals surface area contributed by atoms with Crippen LogP contribution in [-0.4, -0.2) is 29.2 Å². The lowest BCUT2D eigenvalue weighted by atomic mass is 10.1. The number of H-pyrrole nitrogens is 1. The summed E-state index contributed by atoms with van der Waals surface area (Å²) in [6.45, 7) is 0. The first-order valence-electron chi connectivity index (χ1n) is 7.14. The van der Waals surface area contributed by atoms with Gasteiger partial charge in [-0.05, 0) is 18.2 Å². The summed E-state index contributed by atoms with van der Waals surface area (Å²) in [6, 6.07) is 1.27. The van der Waals surface area contributed by atoms with Crippen molar-refractivity contribution in [1.29, 1.82) is 0 Å². The van der Waals surface area contributed by atoms with Crippen molar-refractivity contribution in [3.05, 3.63) is 65.1 Å². The van der Waals surface area contributed by atoms with Crippen molar-refractivity contribution < 1.29 is 23.1 Å². The van der Waals surface area contributed by atoms with Gasteiger partial charge in [-0.1, -0.05) is 0 Å². The van der Waals surface area contributed by atoms with Crippen LogP contribution in [0, 0.1) is 11.6 Å². The van der Waals surface area contributed by atoms with Crippen LogP contribution >= 0.6 is 0 Å². The van der Waals surface area contributed by atoms with Gasteiger partial charge in [0.05, 0.1) is 30.3 Å². The molecule has 0 aliphatic rings. The highest BCUT2D eigenvalue weighted by atomic mass is 19.2. The van der Waals surface area contributed by atoms with Crippen LogP contribution in [0.5, 0.6) is 0 Å². The number of benzene rings is 1. The van der Waals surface area contributed by atoms with Gasteiger partial charge in [-0.2, -0.15) is 5.10 Å². The molecule has 136 valence electrons. The molecule has 1 aromatic heterocycles. The number of ether oxygens (including phenoxy) is 1. The largest absolute Gasteiger partial charge is 0.465 e. The van der Waals surface area contributed by atoms with Crippen LogP contribution < -0.4 is 16.8 Å². The number of nitrogens with one attached hydrogen (secondary N) is 2. The van der Waals surface area contributed by atoms with Crippen molar-refractivity contribution in [2.75, 3.05) is 12.4 Å². The molecule has 0 saturated heterocycles. The third-order valence-electron chi connectivity index (χ3n) is 3.25. The molecule has 10 heteroatoms. The first-order chi connectivity index (χ1) is 12.3. The number of allylic oxidation sites excluding steroid dienone is 2. The van der Waals surface area contributed by atoms with Gasteiger partial charge < -0.3 is 21.5 Å². The van der Waals surface area contributed by atoms with Crippen LogP contribution in [0.15, 0.2) is 42.4 Å². The second-order valence-electron chi connectivity index (χ2n) is 4.99. The number of aromatic amines is 1. The maximum Gasteiger partial charge on any atom is 0.340 e. The molecule has 0 aliphatic carbocycles. The average molecular weight is 363 g/mol. The SMILES string of the molecule is COC(=O)c1cc(F)c(F)cc1NC(=O)/C(N)=C/C=C(\N)c1cn[nH]c1. The fourth-order valence-corrected chi connectivity index (χ4v) is 1.88. The summed E-state index contributed by atoms with van der Waals surface area (Å²) in [7, 11) is 1.06. The van der Waals surface area contributed by atoms with Crippen LogP contribution in [0.3, 0.4) is 0 Å². The number of amides is 1. The van der Waals surface area contributed by atoms with Crippen molar-refractivity contribution in [1.82, 2.24) is 10.2 Å². The number of nitrogens with zero attached hydrogens (tertiary/aromatic N) is 1. The van der Waals surface area contributed by atoms with E-state index in [9.17, 15) is 18.4 Å². The smallest absolute Gasteiger partial charge is 0.340 e. The van der Waals surface area contributed by atoms with Crippen molar-refractivity contribution in [3.63, 3.8) is 0 Å². The van der Waals surface area contributed by atoms with E-state index in [-0.39, 0.29) is 22.6 Å². The van der Waals surface area contributed by atoms with Gasteiger partial charge in [0.1, 0.15) is 0 Å². The van der Waals surface area contributed by atoms with Gasteiger partial charge in [0, 0.05) is 23.5 Å². The highest BCUT2D eigenvalue weighted by molar-refractivity contribution is 6.07. The van der Waals surface area contributed by atoms with Crippen molar-refractivity contribution in [2.24, 2.45) is 11.5 Å². The molecule has 0 unspecified atom stereocenters. The van der Waals surface area contributed by atoms with Gasteiger partial charge in [0.25, 0.3) is 5.91 Å². The number of hydrogen-bond acceptors (Lipinski definition) is 6. The summed E-state index contributed by atoms with van der Waals surface area (Å²) in [5.74, 6) is -4.31. The van der Waals surface area contributed by atoms with E-state index in [2.05, 4.69) is 20.3 Å². The Bertz CT molecular complexity index is 892. The Hall–Kier alpha value is -3.69. The Kier molecular flexibility index (Phi) is 5.68. The van der Waals surface area contributed by atoms with Crippen molar-refractivity contribution in [2.45, 2.75) is 0 Å². The minimum Gasteiger partial charge on any atom is -0.465 e. The standard InChI is InChI=1S/C16H15F2N5O3/c1-26-16(25)9-4-10(17)11(18)5-14(9)23-15(24)13(20)3-2-12(19)8-6-21-22-7-8/h2-7H,19-20H2,1H3,(H,21,22)(H,23,24)/b12-2-,13-3-. The molecule has 8 nitrogen and oxygen atoms in total. The average Bonchev–Trinajstić information content (AvgIpc) is 3.16. The molecule has 0 atom stereocenters. The van der Waals surface area contributed by atoms with Gasteiger partial charge in [0.15, 0.2) is 11.6 Å². The third-order valence-corrected chi connectivity index (χ3v) is 3.25. The summed E-state index contributed by atoms with van der Waals surface area (Å²) < 4.78 is 31.2. The number of aromatic nitrogens is 2. The van der Waals surface area contributed by atoms with Gasteiger partial charge in [-0.25, -0.2) is 13.6 Å². The van der Waals surface area contributed by atoms with Crippen LogP contribution in [0.2, 0.25) is 0 Å². The van der Waals surface area contributed by atoms with E-state index in [1.807, 2.05) is 0 Å². The Morgan fingerprint density at radius 2 is 1.92 bits per heavy atom. The zero-order valence-electron chi connectivity index (χ0n) is 13.5. The van der Waals surface area contributed by atoms with E-state index in [1.54, 1.807) is 6.20 Å². The molecule has 1 aromatic carbocycles. The fraction of sp³-hybridized carbons (Fsp3) is 0.0625. The number of esters is 1. The van der Waals surface area contributed by atoms with E-state index >= 15 is 0 Å². The summed E-state index contributed by atoms with van der Waals surface area (Å²) in [5.41, 5.74) is 11.4. The molecule has 2 aromatic rings. The lowest BCUT2D eigenvalue weighted by Gasteiger charge is -2.10. The number of carbonyl (C=O) groups is 2. The molecular formula is C16H15F2N5O3. The summed E-state index contributed by atoms with van der Waals surface area (Å²) >= 11 is 0. The van der Waals surface area contributed by atoms with Gasteiger partial charge in [-0.15, -0.1) is 0 Å². The molecule has 0 saturated carbocycles. The van der Waals surface area contributed by atoms with Crippen molar-refractivity contribution in [3.8, 4) is 0 Å². The zero-order chi connectivity index (χ0) is 19.3. The minimum atomic E-state index is -1.26. The monoisotopic (exact) mass is 363 g/mol. The molecule has 1 amide bonds. The Morgan fingerprint density at radius 1 is 1.23 bits per heavy atom. The number of carbonyl (C=O) groups excluding carboxylic acids is 2. The molecule has 0 radical (unpaired) electrons. The molecule has 0 spiro atoms. The van der Waals surface area contributed by atoms with E-state index < -0.39 is 23.5 Å². The lowest BCUT2D eigenvalue weighted by Crippen LogP contribution is -2.22. The topological polar surface area (TPSA) is 136 Å². The fourth-order valence-electron chi connectivity index (χ4n) is 1.88. The molecule has 0 aliphatic heterocycles. The first-order valence-corrected chi connectivity index (χ1v) is 7.14. The molecule has 1 heterocycles. The highest BCUT2D eigenvalue weighted by Gasteiger charge is 2.19. The Balaban J connectivity index is 2.23. The van der Waals surface area contributed by atoms with Gasteiger partial charge in [0.2, 0.25) is 0 Å². The van der Waals surface area contributed by atoms with E-state index in [0.29, 0.717) is 17.7 Å². The quantitative estimate of drug-likeness (QED) is 0.359. The van der Waals surface area contributed by atoms with E-state index in [0.717, 1.165) is 7.11 Å². The van der Waals surface area contributed by atoms with Gasteiger partial charge >= 0.3 is 5.97 Å². The van der Waals surface area contributed by atoms with E-state index in [1.165, 1.54) is 18.3 Å².